The Morgan fingerprint density at radius 3 is 1.93 bits per heavy atom. The Morgan fingerprint density at radius 2 is 1.46 bits per heavy atom. The Balaban J connectivity index is 1.58. The van der Waals surface area contributed by atoms with Crippen molar-refractivity contribution in [2.75, 3.05) is 31.1 Å². The van der Waals surface area contributed by atoms with Crippen LogP contribution in [0.3, 0.4) is 0 Å². The number of hydrogen-bond acceptors (Lipinski definition) is 4. The van der Waals surface area contributed by atoms with Crippen LogP contribution >= 0.6 is 0 Å². The van der Waals surface area contributed by atoms with E-state index >= 15 is 0 Å². The minimum atomic E-state index is -0.328. The maximum Gasteiger partial charge on any atom is 0.494 e. The first-order valence-electron chi connectivity index (χ1n) is 10.4. The van der Waals surface area contributed by atoms with E-state index in [1.807, 2.05) is 4.90 Å². The summed E-state index contributed by atoms with van der Waals surface area (Å²) in [6, 6.07) is 8.45. The molecule has 2 fully saturated rings. The van der Waals surface area contributed by atoms with Gasteiger partial charge < -0.3 is 19.1 Å². The van der Waals surface area contributed by atoms with Crippen LogP contribution in [-0.2, 0) is 14.1 Å². The maximum absolute atomic E-state index is 12.4. The third-order valence-electron chi connectivity index (χ3n) is 6.10. The highest BCUT2D eigenvalue weighted by Crippen LogP contribution is 2.36. The smallest absolute Gasteiger partial charge is 0.399 e. The highest BCUT2D eigenvalue weighted by Gasteiger charge is 2.51. The number of piperazine rings is 1. The van der Waals surface area contributed by atoms with Crippen molar-refractivity contribution in [3.8, 4) is 0 Å². The van der Waals surface area contributed by atoms with Crippen molar-refractivity contribution in [3.63, 3.8) is 0 Å². The molecular formula is C22H35BN2O3. The van der Waals surface area contributed by atoms with Gasteiger partial charge in [0.15, 0.2) is 0 Å². The predicted octanol–water partition coefficient (Wildman–Crippen LogP) is 3.07. The van der Waals surface area contributed by atoms with Gasteiger partial charge in [-0.05, 0) is 50.7 Å². The summed E-state index contributed by atoms with van der Waals surface area (Å²) in [5.74, 6) is 0.267. The number of anilines is 1. The molecule has 3 rings (SSSR count). The number of benzene rings is 1. The summed E-state index contributed by atoms with van der Waals surface area (Å²) in [6.07, 6.45) is 0.607. The van der Waals surface area contributed by atoms with Crippen LogP contribution in [0.5, 0.6) is 0 Å². The number of carbonyl (C=O) groups excluding carboxylic acids is 1. The normalized spacial score (nSPS) is 21.9. The van der Waals surface area contributed by atoms with Crippen LogP contribution < -0.4 is 10.4 Å². The van der Waals surface area contributed by atoms with E-state index in [4.69, 9.17) is 9.31 Å². The van der Waals surface area contributed by atoms with Crippen LogP contribution in [0.1, 0.15) is 54.9 Å². The van der Waals surface area contributed by atoms with Crippen LogP contribution in [0.2, 0.25) is 0 Å². The van der Waals surface area contributed by atoms with Gasteiger partial charge in [-0.1, -0.05) is 32.9 Å². The minimum Gasteiger partial charge on any atom is -0.399 e. The maximum atomic E-state index is 12.4. The lowest BCUT2D eigenvalue weighted by atomic mass is 9.79. The lowest BCUT2D eigenvalue weighted by Crippen LogP contribution is -2.49. The molecule has 2 aliphatic rings. The van der Waals surface area contributed by atoms with E-state index in [2.05, 4.69) is 77.6 Å². The number of hydrogen-bond donors (Lipinski definition) is 0. The Labute approximate surface area is 170 Å². The van der Waals surface area contributed by atoms with Crippen molar-refractivity contribution >= 4 is 24.2 Å². The summed E-state index contributed by atoms with van der Waals surface area (Å²) in [7, 11) is -0.328. The molecule has 0 saturated carbocycles. The van der Waals surface area contributed by atoms with Gasteiger partial charge in [0.1, 0.15) is 0 Å². The minimum absolute atomic E-state index is 0.0392. The van der Waals surface area contributed by atoms with E-state index < -0.39 is 0 Å². The van der Waals surface area contributed by atoms with Gasteiger partial charge in [0, 0.05) is 38.3 Å². The van der Waals surface area contributed by atoms with Gasteiger partial charge in [-0.2, -0.15) is 0 Å². The van der Waals surface area contributed by atoms with E-state index in [0.29, 0.717) is 6.42 Å². The van der Waals surface area contributed by atoms with Crippen molar-refractivity contribution in [2.45, 2.75) is 66.1 Å². The lowest BCUT2D eigenvalue weighted by molar-refractivity contribution is -0.133. The fourth-order valence-electron chi connectivity index (χ4n) is 3.60. The van der Waals surface area contributed by atoms with E-state index in [9.17, 15) is 4.79 Å². The van der Waals surface area contributed by atoms with Crippen molar-refractivity contribution in [1.29, 1.82) is 0 Å². The number of rotatable bonds is 3. The van der Waals surface area contributed by atoms with Crippen molar-refractivity contribution in [3.05, 3.63) is 24.3 Å². The summed E-state index contributed by atoms with van der Waals surface area (Å²) in [6.45, 7) is 17.9. The highest BCUT2D eigenvalue weighted by molar-refractivity contribution is 6.62. The van der Waals surface area contributed by atoms with Crippen molar-refractivity contribution in [1.82, 2.24) is 4.90 Å². The van der Waals surface area contributed by atoms with Gasteiger partial charge in [-0.3, -0.25) is 4.79 Å². The molecule has 0 atom stereocenters. The standard InChI is InChI=1S/C22H35BN2O3/c1-20(2,3)16-19(26)25-14-12-24(13-15-25)18-10-8-17(9-11-18)23-27-21(4,5)22(6,7)28-23/h8-11H,12-16H2,1-7H3. The molecule has 2 saturated heterocycles. The first-order valence-corrected chi connectivity index (χ1v) is 10.4. The molecule has 6 heteroatoms. The zero-order valence-corrected chi connectivity index (χ0v) is 18.5. The zero-order chi connectivity index (χ0) is 20.7. The topological polar surface area (TPSA) is 42.0 Å². The van der Waals surface area contributed by atoms with E-state index in [1.54, 1.807) is 0 Å². The highest BCUT2D eigenvalue weighted by atomic mass is 16.7. The number of amides is 1. The monoisotopic (exact) mass is 386 g/mol. The molecule has 154 valence electrons. The third-order valence-corrected chi connectivity index (χ3v) is 6.10. The molecule has 0 radical (unpaired) electrons. The van der Waals surface area contributed by atoms with Crippen LogP contribution in [0, 0.1) is 5.41 Å². The first-order chi connectivity index (χ1) is 12.9. The summed E-state index contributed by atoms with van der Waals surface area (Å²) < 4.78 is 12.3. The largest absolute Gasteiger partial charge is 0.494 e. The molecule has 0 unspecified atom stereocenters. The Hall–Kier alpha value is -1.53. The Morgan fingerprint density at radius 1 is 0.964 bits per heavy atom. The Bertz CT molecular complexity index is 685. The quantitative estimate of drug-likeness (QED) is 0.749. The Kier molecular flexibility index (Phi) is 5.58. The molecule has 1 aromatic carbocycles. The van der Waals surface area contributed by atoms with E-state index in [0.717, 1.165) is 31.6 Å². The average molecular weight is 386 g/mol. The SMILES string of the molecule is CC(C)(C)CC(=O)N1CCN(c2ccc(B3OC(C)(C)C(C)(C)O3)cc2)CC1. The third kappa shape index (κ3) is 4.55. The second kappa shape index (κ2) is 7.38. The van der Waals surface area contributed by atoms with Gasteiger partial charge in [-0.15, -0.1) is 0 Å². The molecule has 1 aromatic rings. The van der Waals surface area contributed by atoms with Crippen molar-refractivity contribution < 1.29 is 14.1 Å². The average Bonchev–Trinajstić information content (AvgIpc) is 2.81. The van der Waals surface area contributed by atoms with Crippen LogP contribution in [0.4, 0.5) is 5.69 Å². The molecule has 2 aliphatic heterocycles. The van der Waals surface area contributed by atoms with Gasteiger partial charge in [-0.25, -0.2) is 0 Å². The van der Waals surface area contributed by atoms with Gasteiger partial charge in [0.2, 0.25) is 5.91 Å². The molecule has 0 spiro atoms. The fourth-order valence-corrected chi connectivity index (χ4v) is 3.60. The molecule has 2 heterocycles. The van der Waals surface area contributed by atoms with Crippen LogP contribution in [0.25, 0.3) is 0 Å². The molecule has 0 N–H and O–H groups in total. The van der Waals surface area contributed by atoms with E-state index in [1.165, 1.54) is 5.69 Å². The van der Waals surface area contributed by atoms with E-state index in [-0.39, 0.29) is 29.6 Å². The molecule has 5 nitrogen and oxygen atoms in total. The van der Waals surface area contributed by atoms with Gasteiger partial charge >= 0.3 is 7.12 Å². The molecule has 1 amide bonds. The molecule has 0 bridgehead atoms. The molecule has 0 aromatic heterocycles. The second-order valence-corrected chi connectivity index (χ2v) is 10.3. The predicted molar refractivity (Wildman–Crippen MR) is 115 cm³/mol. The van der Waals surface area contributed by atoms with Crippen LogP contribution in [0.15, 0.2) is 24.3 Å². The summed E-state index contributed by atoms with van der Waals surface area (Å²) in [5, 5.41) is 0. The summed E-state index contributed by atoms with van der Waals surface area (Å²) in [4.78, 5) is 16.8. The van der Waals surface area contributed by atoms with Gasteiger partial charge in [0.05, 0.1) is 11.2 Å². The fraction of sp³-hybridized carbons (Fsp3) is 0.682. The van der Waals surface area contributed by atoms with Gasteiger partial charge in [0.25, 0.3) is 0 Å². The molecule has 0 aliphatic carbocycles. The van der Waals surface area contributed by atoms with Crippen LogP contribution in [-0.4, -0.2) is 55.3 Å². The number of nitrogens with zero attached hydrogens (tertiary/aromatic N) is 2. The molecular weight excluding hydrogens is 351 g/mol. The second-order valence-electron chi connectivity index (χ2n) is 10.3. The number of carbonyl (C=O) groups is 1. The summed E-state index contributed by atoms with van der Waals surface area (Å²) >= 11 is 0. The lowest BCUT2D eigenvalue weighted by Gasteiger charge is -2.37. The van der Waals surface area contributed by atoms with Crippen molar-refractivity contribution in [2.24, 2.45) is 5.41 Å². The summed E-state index contributed by atoms with van der Waals surface area (Å²) in [5.41, 5.74) is 1.61. The first kappa shape index (κ1) is 21.2. The molecule has 28 heavy (non-hydrogen) atoms. The zero-order valence-electron chi connectivity index (χ0n) is 18.5.